The molecule has 1 atom stereocenters. The lowest BCUT2D eigenvalue weighted by atomic mass is 9.83. The number of nitrogens with one attached hydrogen (secondary N) is 1. The first-order valence-corrected chi connectivity index (χ1v) is 11.0. The second-order valence-electron chi connectivity index (χ2n) is 9.16. The van der Waals surface area contributed by atoms with Gasteiger partial charge in [0.25, 0.3) is 0 Å². The number of imide groups is 1. The quantitative estimate of drug-likeness (QED) is 0.686. The van der Waals surface area contributed by atoms with Crippen molar-refractivity contribution in [3.8, 4) is 0 Å². The molecule has 0 spiro atoms. The molecule has 2 aromatic rings. The summed E-state index contributed by atoms with van der Waals surface area (Å²) < 4.78 is 7.51. The third-order valence-electron chi connectivity index (χ3n) is 5.52. The van der Waals surface area contributed by atoms with E-state index in [1.54, 1.807) is 6.20 Å². The molecule has 0 aliphatic heterocycles. The van der Waals surface area contributed by atoms with E-state index in [1.807, 2.05) is 50.7 Å². The SMILES string of the molecule is Cn1ccnc1CNCCCN(C(=O)OC(C)(C)C)C(=O)C1CCc2ccccc2C1. The van der Waals surface area contributed by atoms with Gasteiger partial charge in [0.05, 0.1) is 6.54 Å². The van der Waals surface area contributed by atoms with E-state index in [1.165, 1.54) is 16.0 Å². The zero-order valence-corrected chi connectivity index (χ0v) is 19.1. The minimum Gasteiger partial charge on any atom is -0.443 e. The van der Waals surface area contributed by atoms with Crippen molar-refractivity contribution >= 4 is 12.0 Å². The second-order valence-corrected chi connectivity index (χ2v) is 9.16. The van der Waals surface area contributed by atoms with Gasteiger partial charge in [0.15, 0.2) is 0 Å². The molecule has 1 unspecified atom stereocenters. The maximum Gasteiger partial charge on any atom is 0.417 e. The molecule has 1 aliphatic rings. The van der Waals surface area contributed by atoms with Crippen molar-refractivity contribution in [1.29, 1.82) is 0 Å². The van der Waals surface area contributed by atoms with Gasteiger partial charge in [0, 0.05) is 31.9 Å². The van der Waals surface area contributed by atoms with Gasteiger partial charge in [-0.15, -0.1) is 0 Å². The van der Waals surface area contributed by atoms with E-state index in [4.69, 9.17) is 4.74 Å². The molecule has 0 radical (unpaired) electrons. The summed E-state index contributed by atoms with van der Waals surface area (Å²) in [6.45, 7) is 7.10. The molecule has 1 heterocycles. The number of fused-ring (bicyclic) bond motifs is 1. The molecule has 7 nitrogen and oxygen atoms in total. The fraction of sp³-hybridized carbons (Fsp3) is 0.542. The van der Waals surface area contributed by atoms with Gasteiger partial charge in [-0.3, -0.25) is 4.79 Å². The molecule has 0 bridgehead atoms. The summed E-state index contributed by atoms with van der Waals surface area (Å²) in [5.41, 5.74) is 1.85. The lowest BCUT2D eigenvalue weighted by Crippen LogP contribution is -2.45. The number of hydrogen-bond acceptors (Lipinski definition) is 5. The second kappa shape index (κ2) is 10.1. The molecule has 0 fully saturated rings. The van der Waals surface area contributed by atoms with Crippen LogP contribution in [0.5, 0.6) is 0 Å². The van der Waals surface area contributed by atoms with E-state index in [9.17, 15) is 9.59 Å². The number of aryl methyl sites for hydroxylation is 2. The number of ether oxygens (including phenoxy) is 1. The number of benzene rings is 1. The first kappa shape index (κ1) is 23.0. The van der Waals surface area contributed by atoms with E-state index in [0.29, 0.717) is 32.5 Å². The van der Waals surface area contributed by atoms with E-state index >= 15 is 0 Å². The fourth-order valence-electron chi connectivity index (χ4n) is 3.87. The molecule has 2 amide bonds. The van der Waals surface area contributed by atoms with Gasteiger partial charge in [0.2, 0.25) is 5.91 Å². The summed E-state index contributed by atoms with van der Waals surface area (Å²) >= 11 is 0. The zero-order chi connectivity index (χ0) is 22.4. The predicted octanol–water partition coefficient (Wildman–Crippen LogP) is 3.47. The van der Waals surface area contributed by atoms with Gasteiger partial charge in [-0.25, -0.2) is 14.7 Å². The number of carbonyl (C=O) groups excluding carboxylic acids is 2. The normalized spacial score (nSPS) is 15.9. The molecule has 0 saturated carbocycles. The Hall–Kier alpha value is -2.67. The van der Waals surface area contributed by atoms with Crippen molar-refractivity contribution in [3.05, 3.63) is 53.6 Å². The highest BCUT2D eigenvalue weighted by Crippen LogP contribution is 2.27. The van der Waals surface area contributed by atoms with Gasteiger partial charge in [-0.05, 0) is 64.1 Å². The van der Waals surface area contributed by atoms with E-state index in [2.05, 4.69) is 22.4 Å². The van der Waals surface area contributed by atoms with Crippen LogP contribution in [0.1, 0.15) is 50.6 Å². The Morgan fingerprint density at radius 3 is 2.68 bits per heavy atom. The van der Waals surface area contributed by atoms with Crippen LogP contribution >= 0.6 is 0 Å². The number of amides is 2. The zero-order valence-electron chi connectivity index (χ0n) is 19.1. The van der Waals surface area contributed by atoms with Gasteiger partial charge in [0.1, 0.15) is 11.4 Å². The van der Waals surface area contributed by atoms with Crippen LogP contribution < -0.4 is 5.32 Å². The fourth-order valence-corrected chi connectivity index (χ4v) is 3.87. The number of carbonyl (C=O) groups is 2. The Bertz CT molecular complexity index is 900. The lowest BCUT2D eigenvalue weighted by Gasteiger charge is -2.31. The summed E-state index contributed by atoms with van der Waals surface area (Å²) in [5, 5.41) is 3.33. The van der Waals surface area contributed by atoms with Crippen molar-refractivity contribution in [2.24, 2.45) is 13.0 Å². The van der Waals surface area contributed by atoms with E-state index in [-0.39, 0.29) is 11.8 Å². The maximum atomic E-state index is 13.3. The van der Waals surface area contributed by atoms with Gasteiger partial charge in [-0.2, -0.15) is 0 Å². The van der Waals surface area contributed by atoms with Gasteiger partial charge >= 0.3 is 6.09 Å². The highest BCUT2D eigenvalue weighted by Gasteiger charge is 2.33. The average molecular weight is 427 g/mol. The minimum atomic E-state index is -0.648. The Morgan fingerprint density at radius 2 is 2.00 bits per heavy atom. The van der Waals surface area contributed by atoms with Crippen molar-refractivity contribution in [3.63, 3.8) is 0 Å². The van der Waals surface area contributed by atoms with Crippen LogP contribution in [-0.4, -0.2) is 45.1 Å². The van der Waals surface area contributed by atoms with E-state index < -0.39 is 11.7 Å². The number of rotatable bonds is 7. The molecule has 3 rings (SSSR count). The highest BCUT2D eigenvalue weighted by molar-refractivity contribution is 5.93. The van der Waals surface area contributed by atoms with Crippen LogP contribution in [0.2, 0.25) is 0 Å². The third kappa shape index (κ3) is 6.40. The Morgan fingerprint density at radius 1 is 1.26 bits per heavy atom. The first-order valence-electron chi connectivity index (χ1n) is 11.0. The maximum absolute atomic E-state index is 13.3. The predicted molar refractivity (Wildman–Crippen MR) is 119 cm³/mol. The average Bonchev–Trinajstić information content (AvgIpc) is 3.13. The summed E-state index contributed by atoms with van der Waals surface area (Å²) in [4.78, 5) is 31.8. The van der Waals surface area contributed by atoms with Gasteiger partial charge in [-0.1, -0.05) is 24.3 Å². The van der Waals surface area contributed by atoms with Crippen LogP contribution in [0, 0.1) is 5.92 Å². The first-order chi connectivity index (χ1) is 14.7. The molecule has 1 aromatic heterocycles. The standard InChI is InChI=1S/C24H34N4O3/c1-24(2,3)31-23(30)28(14-7-12-25-17-21-26-13-15-27(21)4)22(29)20-11-10-18-8-5-6-9-19(18)16-20/h5-6,8-9,13,15,20,25H,7,10-12,14,16-17H2,1-4H3. The number of imidazole rings is 1. The lowest BCUT2D eigenvalue weighted by molar-refractivity contribution is -0.135. The molecule has 0 saturated heterocycles. The van der Waals surface area contributed by atoms with Crippen molar-refractivity contribution in [2.45, 2.75) is 58.6 Å². The van der Waals surface area contributed by atoms with Crippen LogP contribution in [0.25, 0.3) is 0 Å². The van der Waals surface area contributed by atoms with Crippen LogP contribution in [-0.2, 0) is 36.0 Å². The summed E-state index contributed by atoms with van der Waals surface area (Å²) in [6, 6.07) is 8.24. The molecule has 1 aliphatic carbocycles. The molecule has 31 heavy (non-hydrogen) atoms. The molecular formula is C24H34N4O3. The van der Waals surface area contributed by atoms with Crippen molar-refractivity contribution < 1.29 is 14.3 Å². The summed E-state index contributed by atoms with van der Waals surface area (Å²) in [7, 11) is 1.95. The van der Waals surface area contributed by atoms with Crippen LogP contribution in [0.4, 0.5) is 4.79 Å². The number of aromatic nitrogens is 2. The van der Waals surface area contributed by atoms with Gasteiger partial charge < -0.3 is 14.6 Å². The van der Waals surface area contributed by atoms with Crippen molar-refractivity contribution in [1.82, 2.24) is 19.8 Å². The molecule has 168 valence electrons. The topological polar surface area (TPSA) is 76.5 Å². The number of hydrogen-bond donors (Lipinski definition) is 1. The number of nitrogens with zero attached hydrogens (tertiary/aromatic N) is 3. The van der Waals surface area contributed by atoms with E-state index in [0.717, 1.165) is 18.7 Å². The molecule has 1 N–H and O–H groups in total. The van der Waals surface area contributed by atoms with Crippen LogP contribution in [0.15, 0.2) is 36.7 Å². The monoisotopic (exact) mass is 426 g/mol. The van der Waals surface area contributed by atoms with Crippen molar-refractivity contribution in [2.75, 3.05) is 13.1 Å². The molecule has 1 aromatic carbocycles. The largest absolute Gasteiger partial charge is 0.443 e. The molecule has 7 heteroatoms. The Kier molecular flexibility index (Phi) is 7.49. The van der Waals surface area contributed by atoms with Crippen LogP contribution in [0.3, 0.4) is 0 Å². The third-order valence-corrected chi connectivity index (χ3v) is 5.52. The molecular weight excluding hydrogens is 392 g/mol. The Labute approximate surface area is 184 Å². The Balaban J connectivity index is 1.60. The minimum absolute atomic E-state index is 0.132. The summed E-state index contributed by atoms with van der Waals surface area (Å²) in [6.07, 6.45) is 6.06. The summed E-state index contributed by atoms with van der Waals surface area (Å²) in [5.74, 6) is 0.622. The highest BCUT2D eigenvalue weighted by atomic mass is 16.6. The smallest absolute Gasteiger partial charge is 0.417 e.